The van der Waals surface area contributed by atoms with Gasteiger partial charge in [-0.15, -0.1) is 0 Å². The van der Waals surface area contributed by atoms with Crippen molar-refractivity contribution in [3.05, 3.63) is 29.8 Å². The van der Waals surface area contributed by atoms with Gasteiger partial charge in [0.05, 0.1) is 4.90 Å². The van der Waals surface area contributed by atoms with Crippen molar-refractivity contribution < 1.29 is 13.0 Å². The van der Waals surface area contributed by atoms with Gasteiger partial charge in [-0.3, -0.25) is 4.55 Å². The Morgan fingerprint density at radius 1 is 0.769 bits per heavy atom. The van der Waals surface area contributed by atoms with Crippen molar-refractivity contribution >= 4 is 10.1 Å². The molecule has 1 aromatic carbocycles. The minimum absolute atomic E-state index is 0.0289. The highest BCUT2D eigenvalue weighted by molar-refractivity contribution is 7.85. The zero-order valence-electron chi connectivity index (χ0n) is 16.8. The Bertz CT molecular complexity index is 564. The summed E-state index contributed by atoms with van der Waals surface area (Å²) in [6, 6.07) is 6.61. The van der Waals surface area contributed by atoms with Crippen molar-refractivity contribution in [3.63, 3.8) is 0 Å². The van der Waals surface area contributed by atoms with Crippen LogP contribution in [-0.2, 0) is 10.1 Å². The quantitative estimate of drug-likeness (QED) is 0.259. The van der Waals surface area contributed by atoms with Crippen molar-refractivity contribution in [3.8, 4) is 0 Å². The standard InChI is InChI=1S/C22H38O3S/c1-3-4-5-6-7-8-9-10-11-12-13-14-15-20(2)21-16-18-22(19-17-21)26(23,24)25/h16-20H,3-15H2,1-2H3,(H,23,24,25). The molecule has 0 aliphatic rings. The van der Waals surface area contributed by atoms with Crippen molar-refractivity contribution in [1.29, 1.82) is 0 Å². The minimum Gasteiger partial charge on any atom is -0.282 e. The minimum atomic E-state index is -4.09. The van der Waals surface area contributed by atoms with E-state index in [1.54, 1.807) is 0 Å². The monoisotopic (exact) mass is 382 g/mol. The molecule has 0 saturated heterocycles. The Hall–Kier alpha value is -0.870. The molecule has 0 aliphatic heterocycles. The maximum absolute atomic E-state index is 11.1. The van der Waals surface area contributed by atoms with Crippen LogP contribution in [0.3, 0.4) is 0 Å². The smallest absolute Gasteiger partial charge is 0.282 e. The van der Waals surface area contributed by atoms with Crippen molar-refractivity contribution in [2.45, 2.75) is 108 Å². The fourth-order valence-corrected chi connectivity index (χ4v) is 3.91. The first-order valence-electron chi connectivity index (χ1n) is 10.5. The fraction of sp³-hybridized carbons (Fsp3) is 0.727. The summed E-state index contributed by atoms with van der Waals surface area (Å²) in [5.41, 5.74) is 1.14. The topological polar surface area (TPSA) is 54.4 Å². The molecular weight excluding hydrogens is 344 g/mol. The lowest BCUT2D eigenvalue weighted by molar-refractivity contribution is 0.483. The Kier molecular flexibility index (Phi) is 11.9. The maximum atomic E-state index is 11.1. The van der Waals surface area contributed by atoms with Crippen molar-refractivity contribution in [2.24, 2.45) is 0 Å². The van der Waals surface area contributed by atoms with Gasteiger partial charge in [0.25, 0.3) is 10.1 Å². The molecule has 0 saturated carbocycles. The van der Waals surface area contributed by atoms with Crippen molar-refractivity contribution in [2.75, 3.05) is 0 Å². The molecule has 26 heavy (non-hydrogen) atoms. The normalized spacial score (nSPS) is 13.0. The third kappa shape index (κ3) is 10.3. The molecule has 0 heterocycles. The number of benzene rings is 1. The average molecular weight is 383 g/mol. The zero-order valence-corrected chi connectivity index (χ0v) is 17.6. The maximum Gasteiger partial charge on any atom is 0.294 e. The third-order valence-corrected chi connectivity index (χ3v) is 6.11. The van der Waals surface area contributed by atoms with Gasteiger partial charge in [0.15, 0.2) is 0 Å². The number of hydrogen-bond donors (Lipinski definition) is 1. The van der Waals surface area contributed by atoms with Crippen LogP contribution in [0.2, 0.25) is 0 Å². The largest absolute Gasteiger partial charge is 0.294 e. The predicted molar refractivity (Wildman–Crippen MR) is 110 cm³/mol. The van der Waals surface area contributed by atoms with Gasteiger partial charge in [-0.1, -0.05) is 103 Å². The molecule has 0 fully saturated rings. The molecule has 1 unspecified atom stereocenters. The molecule has 1 rings (SSSR count). The molecule has 1 atom stereocenters. The molecule has 1 N–H and O–H groups in total. The van der Waals surface area contributed by atoms with E-state index in [1.807, 2.05) is 12.1 Å². The van der Waals surface area contributed by atoms with Crippen LogP contribution in [0.1, 0.15) is 109 Å². The lowest BCUT2D eigenvalue weighted by atomic mass is 9.94. The molecule has 4 heteroatoms. The van der Waals surface area contributed by atoms with Gasteiger partial charge in [-0.25, -0.2) is 0 Å². The summed E-state index contributed by atoms with van der Waals surface area (Å²) in [4.78, 5) is -0.0289. The van der Waals surface area contributed by atoms with E-state index in [0.29, 0.717) is 5.92 Å². The summed E-state index contributed by atoms with van der Waals surface area (Å²) in [6.45, 7) is 4.45. The summed E-state index contributed by atoms with van der Waals surface area (Å²) < 4.78 is 31.2. The molecule has 0 amide bonds. The second kappa shape index (κ2) is 13.3. The summed E-state index contributed by atoms with van der Waals surface area (Å²) in [5.74, 6) is 0.425. The molecule has 0 aliphatic carbocycles. The second-order valence-corrected chi connectivity index (χ2v) is 9.04. The SMILES string of the molecule is CCCCCCCCCCCCCCC(C)c1ccc(S(=O)(=O)O)cc1. The first-order chi connectivity index (χ1) is 12.4. The average Bonchev–Trinajstić information content (AvgIpc) is 2.62. The van der Waals surface area contributed by atoms with Gasteiger partial charge >= 0.3 is 0 Å². The van der Waals surface area contributed by atoms with Crippen LogP contribution < -0.4 is 0 Å². The molecule has 0 aromatic heterocycles. The van der Waals surface area contributed by atoms with Crippen LogP contribution in [0.25, 0.3) is 0 Å². The van der Waals surface area contributed by atoms with Crippen LogP contribution in [0.4, 0.5) is 0 Å². The van der Waals surface area contributed by atoms with Crippen LogP contribution in [-0.4, -0.2) is 13.0 Å². The van der Waals surface area contributed by atoms with Crippen molar-refractivity contribution in [1.82, 2.24) is 0 Å². The molecule has 150 valence electrons. The van der Waals surface area contributed by atoms with E-state index in [0.717, 1.165) is 12.0 Å². The van der Waals surface area contributed by atoms with Gasteiger partial charge in [0, 0.05) is 0 Å². The number of hydrogen-bond acceptors (Lipinski definition) is 2. The fourth-order valence-electron chi connectivity index (χ4n) is 3.43. The van der Waals surface area contributed by atoms with E-state index in [9.17, 15) is 8.42 Å². The van der Waals surface area contributed by atoms with Gasteiger partial charge in [0.2, 0.25) is 0 Å². The first-order valence-corrected chi connectivity index (χ1v) is 12.0. The Morgan fingerprint density at radius 2 is 1.19 bits per heavy atom. The highest BCUT2D eigenvalue weighted by atomic mass is 32.2. The van der Waals surface area contributed by atoms with Gasteiger partial charge in [0.1, 0.15) is 0 Å². The Balaban J connectivity index is 2.04. The molecular formula is C22H38O3S. The lowest BCUT2D eigenvalue weighted by Crippen LogP contribution is -1.99. The van der Waals surface area contributed by atoms with E-state index in [-0.39, 0.29) is 4.90 Å². The Morgan fingerprint density at radius 3 is 1.62 bits per heavy atom. The Labute approximate surface area is 161 Å². The summed E-state index contributed by atoms with van der Waals surface area (Å²) in [6.07, 6.45) is 17.4. The van der Waals surface area contributed by atoms with Crippen LogP contribution >= 0.6 is 0 Å². The van der Waals surface area contributed by atoms with Crippen LogP contribution in [0.5, 0.6) is 0 Å². The van der Waals surface area contributed by atoms with E-state index in [4.69, 9.17) is 4.55 Å². The van der Waals surface area contributed by atoms with Crippen LogP contribution in [0, 0.1) is 0 Å². The molecule has 0 spiro atoms. The summed E-state index contributed by atoms with van der Waals surface area (Å²) in [7, 11) is -4.09. The van der Waals surface area contributed by atoms with Gasteiger partial charge in [-0.05, 0) is 30.0 Å². The van der Waals surface area contributed by atoms with Gasteiger partial charge in [-0.2, -0.15) is 8.42 Å². The highest BCUT2D eigenvalue weighted by Crippen LogP contribution is 2.23. The van der Waals surface area contributed by atoms with Crippen LogP contribution in [0.15, 0.2) is 29.2 Å². The number of rotatable bonds is 15. The van der Waals surface area contributed by atoms with Gasteiger partial charge < -0.3 is 0 Å². The highest BCUT2D eigenvalue weighted by Gasteiger charge is 2.11. The first kappa shape index (κ1) is 23.2. The van der Waals surface area contributed by atoms with E-state index in [1.165, 1.54) is 89.2 Å². The van der Waals surface area contributed by atoms with E-state index < -0.39 is 10.1 Å². The second-order valence-electron chi connectivity index (χ2n) is 7.62. The molecule has 3 nitrogen and oxygen atoms in total. The van der Waals surface area contributed by atoms with E-state index in [2.05, 4.69) is 13.8 Å². The molecule has 1 aromatic rings. The summed E-state index contributed by atoms with van der Waals surface area (Å²) >= 11 is 0. The lowest BCUT2D eigenvalue weighted by Gasteiger charge is -2.12. The third-order valence-electron chi connectivity index (χ3n) is 5.24. The number of unbranched alkanes of at least 4 members (excludes halogenated alkanes) is 11. The molecule has 0 radical (unpaired) electrons. The molecule has 0 bridgehead atoms. The zero-order chi connectivity index (χ0) is 19.3. The van der Waals surface area contributed by atoms with E-state index >= 15 is 0 Å². The predicted octanol–water partition coefficient (Wildman–Crippen LogP) is 7.13. The summed E-state index contributed by atoms with van der Waals surface area (Å²) in [5, 5.41) is 0.